The van der Waals surface area contributed by atoms with Gasteiger partial charge in [0, 0.05) is 4.47 Å². The summed E-state index contributed by atoms with van der Waals surface area (Å²) < 4.78 is 38.3. The van der Waals surface area contributed by atoms with Crippen LogP contribution in [0.1, 0.15) is 11.1 Å². The van der Waals surface area contributed by atoms with E-state index in [9.17, 15) is 13.2 Å². The van der Waals surface area contributed by atoms with E-state index in [2.05, 4.69) is 15.9 Å². The van der Waals surface area contributed by atoms with E-state index in [1.54, 1.807) is 0 Å². The maximum absolute atomic E-state index is 12.7. The zero-order chi connectivity index (χ0) is 13.1. The molecule has 17 heavy (non-hydrogen) atoms. The number of halogens is 4. The molecule has 0 aliphatic rings. The fourth-order valence-electron chi connectivity index (χ4n) is 1.14. The summed E-state index contributed by atoms with van der Waals surface area (Å²) in [6.45, 7) is 0. The van der Waals surface area contributed by atoms with Crippen molar-refractivity contribution in [2.24, 2.45) is 0 Å². The highest BCUT2D eigenvalue weighted by atomic mass is 79.9. The number of alkyl halides is 3. The first kappa shape index (κ1) is 13.3. The zero-order valence-corrected chi connectivity index (χ0v) is 9.80. The summed E-state index contributed by atoms with van der Waals surface area (Å²) in [7, 11) is 0. The van der Waals surface area contributed by atoms with Crippen LogP contribution in [0.3, 0.4) is 0 Å². The normalized spacial score (nSPS) is 10.2. The molecule has 6 heteroatoms. The molecule has 0 atom stereocenters. The standard InChI is InChI=1S/C11H4BrF3N2/c12-9-2-1-8(3-7(5-16)6-17)10(4-9)11(13,14)15/h1-4H. The van der Waals surface area contributed by atoms with E-state index in [0.717, 1.165) is 12.1 Å². The molecule has 1 aromatic rings. The minimum atomic E-state index is -4.54. The first-order valence-corrected chi connectivity index (χ1v) is 5.06. The van der Waals surface area contributed by atoms with Crippen LogP contribution in [-0.4, -0.2) is 0 Å². The Hall–Kier alpha value is -1.79. The van der Waals surface area contributed by atoms with Crippen molar-refractivity contribution in [3.05, 3.63) is 39.4 Å². The molecule has 0 unspecified atom stereocenters. The van der Waals surface area contributed by atoms with Gasteiger partial charge in [-0.05, 0) is 23.8 Å². The molecular formula is C11H4BrF3N2. The lowest BCUT2D eigenvalue weighted by Gasteiger charge is -2.10. The van der Waals surface area contributed by atoms with Crippen LogP contribution in [-0.2, 0) is 6.18 Å². The Kier molecular flexibility index (Phi) is 3.93. The van der Waals surface area contributed by atoms with Crippen LogP contribution in [0.5, 0.6) is 0 Å². The summed E-state index contributed by atoms with van der Waals surface area (Å²) in [5.41, 5.74) is -1.48. The number of hydrogen-bond donors (Lipinski definition) is 0. The van der Waals surface area contributed by atoms with Crippen molar-refractivity contribution in [2.75, 3.05) is 0 Å². The average Bonchev–Trinajstić information content (AvgIpc) is 2.26. The fraction of sp³-hybridized carbons (Fsp3) is 0.0909. The molecule has 0 fully saturated rings. The van der Waals surface area contributed by atoms with Crippen LogP contribution >= 0.6 is 15.9 Å². The zero-order valence-electron chi connectivity index (χ0n) is 8.22. The van der Waals surface area contributed by atoms with Crippen LogP contribution in [0.4, 0.5) is 13.2 Å². The van der Waals surface area contributed by atoms with Gasteiger partial charge in [-0.15, -0.1) is 0 Å². The molecule has 0 radical (unpaired) electrons. The van der Waals surface area contributed by atoms with E-state index in [1.165, 1.54) is 24.3 Å². The summed E-state index contributed by atoms with van der Waals surface area (Å²) in [5.74, 6) is 0. The molecule has 86 valence electrons. The van der Waals surface area contributed by atoms with E-state index in [0.29, 0.717) is 0 Å². The van der Waals surface area contributed by atoms with E-state index >= 15 is 0 Å². The second-order valence-electron chi connectivity index (χ2n) is 3.01. The minimum Gasteiger partial charge on any atom is -0.192 e. The first-order valence-electron chi connectivity index (χ1n) is 4.27. The van der Waals surface area contributed by atoms with Crippen LogP contribution < -0.4 is 0 Å². The largest absolute Gasteiger partial charge is 0.417 e. The number of nitrogens with zero attached hydrogens (tertiary/aromatic N) is 2. The van der Waals surface area contributed by atoms with Gasteiger partial charge in [0.1, 0.15) is 17.7 Å². The first-order chi connectivity index (χ1) is 7.88. The van der Waals surface area contributed by atoms with Crippen molar-refractivity contribution >= 4 is 22.0 Å². The Morgan fingerprint density at radius 1 is 1.24 bits per heavy atom. The van der Waals surface area contributed by atoms with Crippen molar-refractivity contribution in [1.82, 2.24) is 0 Å². The third kappa shape index (κ3) is 3.33. The maximum atomic E-state index is 12.7. The van der Waals surface area contributed by atoms with Gasteiger partial charge in [0.2, 0.25) is 0 Å². The number of nitriles is 2. The molecule has 0 heterocycles. The van der Waals surface area contributed by atoms with Gasteiger partial charge in [-0.2, -0.15) is 23.7 Å². The average molecular weight is 301 g/mol. The smallest absolute Gasteiger partial charge is 0.192 e. The number of rotatable bonds is 1. The highest BCUT2D eigenvalue weighted by Gasteiger charge is 2.33. The Labute approximate surface area is 104 Å². The quantitative estimate of drug-likeness (QED) is 0.739. The molecule has 0 spiro atoms. The van der Waals surface area contributed by atoms with Gasteiger partial charge in [-0.3, -0.25) is 0 Å². The lowest BCUT2D eigenvalue weighted by molar-refractivity contribution is -0.137. The predicted octanol–water partition coefficient (Wildman–Crippen LogP) is 3.90. The lowest BCUT2D eigenvalue weighted by Crippen LogP contribution is -2.07. The third-order valence-corrected chi connectivity index (χ3v) is 2.35. The maximum Gasteiger partial charge on any atom is 0.417 e. The van der Waals surface area contributed by atoms with Gasteiger partial charge in [-0.25, -0.2) is 0 Å². The van der Waals surface area contributed by atoms with Gasteiger partial charge in [0.05, 0.1) is 5.56 Å². The number of benzene rings is 1. The topological polar surface area (TPSA) is 47.6 Å². The van der Waals surface area contributed by atoms with Crippen LogP contribution in [0.15, 0.2) is 28.2 Å². The molecule has 0 amide bonds. The summed E-state index contributed by atoms with van der Waals surface area (Å²) in [4.78, 5) is 0. The van der Waals surface area contributed by atoms with E-state index < -0.39 is 11.7 Å². The van der Waals surface area contributed by atoms with Crippen LogP contribution in [0.25, 0.3) is 6.08 Å². The molecular weight excluding hydrogens is 297 g/mol. The summed E-state index contributed by atoms with van der Waals surface area (Å²) in [6, 6.07) is 6.54. The molecule has 0 saturated carbocycles. The minimum absolute atomic E-state index is 0.209. The van der Waals surface area contributed by atoms with E-state index in [1.807, 2.05) is 0 Å². The van der Waals surface area contributed by atoms with Crippen molar-refractivity contribution in [1.29, 1.82) is 10.5 Å². The second-order valence-corrected chi connectivity index (χ2v) is 3.93. The molecule has 0 aliphatic heterocycles. The molecule has 0 aromatic heterocycles. The van der Waals surface area contributed by atoms with E-state index in [4.69, 9.17) is 10.5 Å². The van der Waals surface area contributed by atoms with E-state index in [-0.39, 0.29) is 15.6 Å². The number of hydrogen-bond acceptors (Lipinski definition) is 2. The second kappa shape index (κ2) is 5.03. The van der Waals surface area contributed by atoms with Gasteiger partial charge in [0.25, 0.3) is 0 Å². The summed E-state index contributed by atoms with van der Waals surface area (Å²) >= 11 is 2.94. The van der Waals surface area contributed by atoms with Crippen molar-refractivity contribution in [3.8, 4) is 12.1 Å². The van der Waals surface area contributed by atoms with Gasteiger partial charge < -0.3 is 0 Å². The Bertz CT molecular complexity index is 531. The van der Waals surface area contributed by atoms with Crippen LogP contribution in [0.2, 0.25) is 0 Å². The van der Waals surface area contributed by atoms with Crippen molar-refractivity contribution in [2.45, 2.75) is 6.18 Å². The summed E-state index contributed by atoms with van der Waals surface area (Å²) in [5, 5.41) is 17.0. The Morgan fingerprint density at radius 3 is 2.29 bits per heavy atom. The fourth-order valence-corrected chi connectivity index (χ4v) is 1.51. The van der Waals surface area contributed by atoms with Crippen LogP contribution in [0, 0.1) is 22.7 Å². The number of allylic oxidation sites excluding steroid dienone is 1. The Morgan fingerprint density at radius 2 is 1.82 bits per heavy atom. The highest BCUT2D eigenvalue weighted by Crippen LogP contribution is 2.34. The molecule has 1 rings (SSSR count). The molecule has 0 saturated heterocycles. The molecule has 2 nitrogen and oxygen atoms in total. The molecule has 0 aliphatic carbocycles. The molecule has 0 N–H and O–H groups in total. The van der Waals surface area contributed by atoms with Gasteiger partial charge in [0.15, 0.2) is 0 Å². The SMILES string of the molecule is N#CC(C#N)=Cc1ccc(Br)cc1C(F)(F)F. The molecule has 0 bridgehead atoms. The lowest BCUT2D eigenvalue weighted by atomic mass is 10.0. The summed E-state index contributed by atoms with van der Waals surface area (Å²) in [6.07, 6.45) is -3.62. The van der Waals surface area contributed by atoms with Crippen molar-refractivity contribution < 1.29 is 13.2 Å². The molecule has 1 aromatic carbocycles. The third-order valence-electron chi connectivity index (χ3n) is 1.86. The predicted molar refractivity (Wildman–Crippen MR) is 58.3 cm³/mol. The van der Waals surface area contributed by atoms with Gasteiger partial charge >= 0.3 is 6.18 Å². The van der Waals surface area contributed by atoms with Crippen molar-refractivity contribution in [3.63, 3.8) is 0 Å². The Balaban J connectivity index is 3.42. The monoisotopic (exact) mass is 300 g/mol. The van der Waals surface area contributed by atoms with Gasteiger partial charge in [-0.1, -0.05) is 22.0 Å². The highest BCUT2D eigenvalue weighted by molar-refractivity contribution is 9.10.